The summed E-state index contributed by atoms with van der Waals surface area (Å²) in [5.41, 5.74) is 8.02. The zero-order valence-electron chi connectivity index (χ0n) is 12.5. The minimum Gasteiger partial charge on any atom is -0.399 e. The lowest BCUT2D eigenvalue weighted by atomic mass is 10.0. The van der Waals surface area contributed by atoms with Crippen LogP contribution in [-0.4, -0.2) is 16.8 Å². The molecule has 114 valence electrons. The van der Waals surface area contributed by atoms with Gasteiger partial charge in [0.15, 0.2) is 0 Å². The van der Waals surface area contributed by atoms with E-state index in [0.29, 0.717) is 22.3 Å². The van der Waals surface area contributed by atoms with E-state index < -0.39 is 0 Å². The molecule has 2 N–H and O–H groups in total. The first-order chi connectivity index (χ1) is 10.6. The van der Waals surface area contributed by atoms with Gasteiger partial charge in [0.2, 0.25) is 0 Å². The van der Waals surface area contributed by atoms with Crippen molar-refractivity contribution in [2.45, 2.75) is 31.8 Å². The number of hydrogen-bond donors (Lipinski definition) is 1. The molecule has 3 nitrogen and oxygen atoms in total. The van der Waals surface area contributed by atoms with Crippen LogP contribution < -0.4 is 5.73 Å². The lowest BCUT2D eigenvalue weighted by molar-refractivity contribution is 0.0674. The molecule has 1 aliphatic carbocycles. The molecule has 2 aromatic rings. The van der Waals surface area contributed by atoms with Gasteiger partial charge in [-0.15, -0.1) is 0 Å². The summed E-state index contributed by atoms with van der Waals surface area (Å²) in [5.74, 6) is 0.0159. The van der Waals surface area contributed by atoms with Crippen molar-refractivity contribution in [1.29, 1.82) is 0 Å². The molecule has 1 aliphatic rings. The Balaban J connectivity index is 1.93. The summed E-state index contributed by atoms with van der Waals surface area (Å²) in [5, 5.41) is 0.695. The van der Waals surface area contributed by atoms with Gasteiger partial charge >= 0.3 is 0 Å². The maximum absolute atomic E-state index is 12.9. The number of anilines is 1. The normalized spacial score (nSPS) is 15.4. The fraction of sp³-hybridized carbons (Fsp3) is 0.278. The molecule has 0 aliphatic heterocycles. The molecule has 0 bridgehead atoms. The van der Waals surface area contributed by atoms with Crippen LogP contribution in [0.15, 0.2) is 48.5 Å². The first-order valence-electron chi connectivity index (χ1n) is 7.50. The summed E-state index contributed by atoms with van der Waals surface area (Å²) in [6, 6.07) is 15.1. The molecule has 1 unspecified atom stereocenters. The van der Waals surface area contributed by atoms with Crippen LogP contribution in [0.4, 0.5) is 5.69 Å². The predicted octanol–water partition coefficient (Wildman–Crippen LogP) is 4.29. The van der Waals surface area contributed by atoms with E-state index in [4.69, 9.17) is 17.3 Å². The van der Waals surface area contributed by atoms with Crippen LogP contribution >= 0.6 is 11.6 Å². The van der Waals surface area contributed by atoms with Crippen LogP contribution in [0, 0.1) is 0 Å². The highest BCUT2D eigenvalue weighted by atomic mass is 35.5. The van der Waals surface area contributed by atoms with Crippen molar-refractivity contribution < 1.29 is 4.79 Å². The van der Waals surface area contributed by atoms with Gasteiger partial charge in [-0.2, -0.15) is 0 Å². The number of nitrogen functional groups attached to an aromatic ring is 1. The minimum atomic E-state index is -0.0601. The molecule has 22 heavy (non-hydrogen) atoms. The maximum atomic E-state index is 12.9. The second-order valence-corrected chi connectivity index (χ2v) is 6.17. The lowest BCUT2D eigenvalue weighted by Gasteiger charge is -2.30. The fourth-order valence-corrected chi connectivity index (χ4v) is 3.09. The van der Waals surface area contributed by atoms with Crippen LogP contribution in [0.25, 0.3) is 0 Å². The number of nitrogens with zero attached hydrogens (tertiary/aromatic N) is 1. The van der Waals surface area contributed by atoms with Gasteiger partial charge in [-0.1, -0.05) is 35.9 Å². The van der Waals surface area contributed by atoms with Gasteiger partial charge in [0.1, 0.15) is 0 Å². The first kappa shape index (κ1) is 14.9. The first-order valence-corrected chi connectivity index (χ1v) is 7.88. The highest BCUT2D eigenvalue weighted by Crippen LogP contribution is 2.37. The van der Waals surface area contributed by atoms with Crippen molar-refractivity contribution in [2.75, 3.05) is 5.73 Å². The van der Waals surface area contributed by atoms with E-state index in [0.717, 1.165) is 18.4 Å². The van der Waals surface area contributed by atoms with E-state index in [9.17, 15) is 4.79 Å². The number of hydrogen-bond acceptors (Lipinski definition) is 2. The zero-order valence-corrected chi connectivity index (χ0v) is 13.3. The molecular formula is C18H19ClN2O. The number of carbonyl (C=O) groups excluding carboxylic acids is 1. The van der Waals surface area contributed by atoms with Gasteiger partial charge in [0.25, 0.3) is 5.91 Å². The van der Waals surface area contributed by atoms with Crippen molar-refractivity contribution in [3.63, 3.8) is 0 Å². The van der Waals surface area contributed by atoms with Gasteiger partial charge in [-0.25, -0.2) is 0 Å². The van der Waals surface area contributed by atoms with Gasteiger partial charge < -0.3 is 10.6 Å². The Morgan fingerprint density at radius 3 is 2.59 bits per heavy atom. The van der Waals surface area contributed by atoms with E-state index in [1.54, 1.807) is 12.1 Å². The highest BCUT2D eigenvalue weighted by molar-refractivity contribution is 6.31. The number of carbonyl (C=O) groups is 1. The predicted molar refractivity (Wildman–Crippen MR) is 89.9 cm³/mol. The third kappa shape index (κ3) is 2.95. The largest absolute Gasteiger partial charge is 0.399 e. The molecule has 1 amide bonds. The Hall–Kier alpha value is -2.00. The van der Waals surface area contributed by atoms with E-state index in [-0.39, 0.29) is 11.9 Å². The molecule has 0 heterocycles. The summed E-state index contributed by atoms with van der Waals surface area (Å²) in [4.78, 5) is 14.9. The van der Waals surface area contributed by atoms with E-state index in [1.807, 2.05) is 48.2 Å². The van der Waals surface area contributed by atoms with Crippen molar-refractivity contribution in [3.05, 3.63) is 64.7 Å². The summed E-state index contributed by atoms with van der Waals surface area (Å²) >= 11 is 6.31. The summed E-state index contributed by atoms with van der Waals surface area (Å²) in [6.45, 7) is 2.03. The number of halogens is 1. The van der Waals surface area contributed by atoms with Crippen molar-refractivity contribution in [2.24, 2.45) is 0 Å². The Bertz CT molecular complexity index is 697. The van der Waals surface area contributed by atoms with Crippen molar-refractivity contribution in [3.8, 4) is 0 Å². The third-order valence-electron chi connectivity index (χ3n) is 4.08. The molecule has 3 rings (SSSR count). The van der Waals surface area contributed by atoms with Crippen LogP contribution in [0.5, 0.6) is 0 Å². The van der Waals surface area contributed by atoms with Gasteiger partial charge in [0.05, 0.1) is 6.04 Å². The molecule has 2 aromatic carbocycles. The second kappa shape index (κ2) is 6.01. The Labute approximate surface area is 135 Å². The minimum absolute atomic E-state index is 0.0159. The number of nitrogens with two attached hydrogens (primary N) is 1. The zero-order chi connectivity index (χ0) is 15.7. The van der Waals surface area contributed by atoms with Crippen LogP contribution in [0.3, 0.4) is 0 Å². The number of benzene rings is 2. The Kier molecular flexibility index (Phi) is 4.08. The van der Waals surface area contributed by atoms with E-state index in [1.165, 1.54) is 0 Å². The van der Waals surface area contributed by atoms with Crippen LogP contribution in [0.1, 0.15) is 41.7 Å². The summed E-state index contributed by atoms with van der Waals surface area (Å²) < 4.78 is 0. The SMILES string of the molecule is CC(c1ccccc1Cl)N(C(=O)c1cccc(N)c1)C1CC1. The van der Waals surface area contributed by atoms with Crippen molar-refractivity contribution in [1.82, 2.24) is 4.90 Å². The molecular weight excluding hydrogens is 296 g/mol. The monoisotopic (exact) mass is 314 g/mol. The number of amides is 1. The topological polar surface area (TPSA) is 46.3 Å². The Morgan fingerprint density at radius 2 is 1.95 bits per heavy atom. The van der Waals surface area contributed by atoms with Gasteiger partial charge in [-0.05, 0) is 49.6 Å². The lowest BCUT2D eigenvalue weighted by Crippen LogP contribution is -2.35. The van der Waals surface area contributed by atoms with Crippen LogP contribution in [-0.2, 0) is 0 Å². The van der Waals surface area contributed by atoms with E-state index >= 15 is 0 Å². The standard InChI is InChI=1S/C18H19ClN2O/c1-12(16-7-2-3-8-17(16)19)21(15-9-10-15)18(22)13-5-4-6-14(20)11-13/h2-8,11-12,15H,9-10,20H2,1H3. The van der Waals surface area contributed by atoms with Crippen LogP contribution in [0.2, 0.25) is 5.02 Å². The summed E-state index contributed by atoms with van der Waals surface area (Å²) in [6.07, 6.45) is 2.09. The molecule has 0 aromatic heterocycles. The molecule has 1 saturated carbocycles. The molecule has 0 spiro atoms. The van der Waals surface area contributed by atoms with Crippen molar-refractivity contribution >= 4 is 23.2 Å². The highest BCUT2D eigenvalue weighted by Gasteiger charge is 2.37. The number of rotatable bonds is 4. The summed E-state index contributed by atoms with van der Waals surface area (Å²) in [7, 11) is 0. The average molecular weight is 315 g/mol. The fourth-order valence-electron chi connectivity index (χ4n) is 2.80. The van der Waals surface area contributed by atoms with E-state index in [2.05, 4.69) is 0 Å². The van der Waals surface area contributed by atoms with Gasteiger partial charge in [0, 0.05) is 22.3 Å². The molecule has 0 saturated heterocycles. The smallest absolute Gasteiger partial charge is 0.254 e. The molecule has 1 atom stereocenters. The average Bonchev–Trinajstić information content (AvgIpc) is 3.32. The maximum Gasteiger partial charge on any atom is 0.254 e. The van der Waals surface area contributed by atoms with Gasteiger partial charge in [-0.3, -0.25) is 4.79 Å². The molecule has 0 radical (unpaired) electrons. The quantitative estimate of drug-likeness (QED) is 0.856. The second-order valence-electron chi connectivity index (χ2n) is 5.77. The third-order valence-corrected chi connectivity index (χ3v) is 4.43. The molecule has 4 heteroatoms. The Morgan fingerprint density at radius 1 is 1.23 bits per heavy atom. The molecule has 1 fully saturated rings.